The van der Waals surface area contributed by atoms with Gasteiger partial charge in [0.2, 0.25) is 0 Å². The number of fused-ring (bicyclic) bond motifs is 1. The van der Waals surface area contributed by atoms with Crippen molar-refractivity contribution in [3.05, 3.63) is 29.8 Å². The third kappa shape index (κ3) is 2.85. The number of aliphatic hydroxyl groups excluding tert-OH is 1. The first-order valence-electron chi connectivity index (χ1n) is 6.70. The standard InChI is InChI=1S/C15H23NO2/c1-4-11(10-17)16-13-9-15(2,3)18-14-8-6-5-7-12(13)14/h5-8,11,13,16-17H,4,9-10H2,1-3H3. The van der Waals surface area contributed by atoms with Crippen LogP contribution in [0.1, 0.15) is 45.2 Å². The van der Waals surface area contributed by atoms with Gasteiger partial charge in [0, 0.05) is 24.1 Å². The summed E-state index contributed by atoms with van der Waals surface area (Å²) in [6.45, 7) is 6.48. The first kappa shape index (κ1) is 13.4. The molecule has 1 aliphatic rings. The molecule has 0 spiro atoms. The summed E-state index contributed by atoms with van der Waals surface area (Å²) in [5.41, 5.74) is 1.03. The Balaban J connectivity index is 2.24. The van der Waals surface area contributed by atoms with Gasteiger partial charge in [-0.3, -0.25) is 0 Å². The van der Waals surface area contributed by atoms with E-state index >= 15 is 0 Å². The molecule has 2 N–H and O–H groups in total. The number of hydrogen-bond acceptors (Lipinski definition) is 3. The van der Waals surface area contributed by atoms with Crippen molar-refractivity contribution in [3.63, 3.8) is 0 Å². The molecule has 0 aromatic heterocycles. The van der Waals surface area contributed by atoms with Crippen molar-refractivity contribution < 1.29 is 9.84 Å². The van der Waals surface area contributed by atoms with Crippen LogP contribution >= 0.6 is 0 Å². The molecule has 1 heterocycles. The molecule has 0 aliphatic carbocycles. The van der Waals surface area contributed by atoms with Crippen molar-refractivity contribution in [2.75, 3.05) is 6.61 Å². The van der Waals surface area contributed by atoms with Crippen LogP contribution in [0.3, 0.4) is 0 Å². The van der Waals surface area contributed by atoms with Crippen molar-refractivity contribution in [2.45, 2.75) is 51.3 Å². The van der Waals surface area contributed by atoms with Crippen molar-refractivity contribution >= 4 is 0 Å². The highest BCUT2D eigenvalue weighted by atomic mass is 16.5. The molecule has 100 valence electrons. The summed E-state index contributed by atoms with van der Waals surface area (Å²) in [5.74, 6) is 0.957. The van der Waals surface area contributed by atoms with Gasteiger partial charge in [-0.15, -0.1) is 0 Å². The topological polar surface area (TPSA) is 41.5 Å². The van der Waals surface area contributed by atoms with Crippen LogP contribution < -0.4 is 10.1 Å². The Labute approximate surface area is 109 Å². The molecule has 0 bridgehead atoms. The van der Waals surface area contributed by atoms with E-state index in [-0.39, 0.29) is 24.3 Å². The maximum absolute atomic E-state index is 9.34. The van der Waals surface area contributed by atoms with Crippen LogP contribution in [-0.4, -0.2) is 23.4 Å². The van der Waals surface area contributed by atoms with Gasteiger partial charge in [0.25, 0.3) is 0 Å². The molecule has 18 heavy (non-hydrogen) atoms. The summed E-state index contributed by atoms with van der Waals surface area (Å²) in [4.78, 5) is 0. The molecule has 0 fully saturated rings. The molecule has 2 rings (SSSR count). The number of benzene rings is 1. The van der Waals surface area contributed by atoms with Crippen LogP contribution in [0.15, 0.2) is 24.3 Å². The van der Waals surface area contributed by atoms with Gasteiger partial charge in [-0.25, -0.2) is 0 Å². The minimum absolute atomic E-state index is 0.150. The Morgan fingerprint density at radius 2 is 2.17 bits per heavy atom. The summed E-state index contributed by atoms with van der Waals surface area (Å²) in [7, 11) is 0. The molecule has 0 amide bonds. The molecule has 3 nitrogen and oxygen atoms in total. The number of ether oxygens (including phenoxy) is 1. The third-order valence-corrected chi connectivity index (χ3v) is 3.53. The Kier molecular flexibility index (Phi) is 3.93. The third-order valence-electron chi connectivity index (χ3n) is 3.53. The number of rotatable bonds is 4. The zero-order valence-electron chi connectivity index (χ0n) is 11.4. The van der Waals surface area contributed by atoms with Crippen molar-refractivity contribution in [1.82, 2.24) is 5.32 Å². The number of nitrogens with one attached hydrogen (secondary N) is 1. The van der Waals surface area contributed by atoms with Gasteiger partial charge in [-0.1, -0.05) is 25.1 Å². The van der Waals surface area contributed by atoms with Gasteiger partial charge >= 0.3 is 0 Å². The SMILES string of the molecule is CCC(CO)NC1CC(C)(C)Oc2ccccc21. The van der Waals surface area contributed by atoms with Crippen LogP contribution in [0.4, 0.5) is 0 Å². The highest BCUT2D eigenvalue weighted by Gasteiger charge is 2.34. The van der Waals surface area contributed by atoms with E-state index < -0.39 is 0 Å². The van der Waals surface area contributed by atoms with Crippen molar-refractivity contribution in [3.8, 4) is 5.75 Å². The normalized spacial score (nSPS) is 23.0. The molecule has 0 saturated heterocycles. The van der Waals surface area contributed by atoms with Gasteiger partial charge in [0.15, 0.2) is 0 Å². The van der Waals surface area contributed by atoms with Crippen LogP contribution in [0.2, 0.25) is 0 Å². The molecule has 1 aromatic carbocycles. The summed E-state index contributed by atoms with van der Waals surface area (Å²) in [6.07, 6.45) is 1.84. The first-order valence-corrected chi connectivity index (χ1v) is 6.70. The van der Waals surface area contributed by atoms with E-state index in [1.807, 2.05) is 18.2 Å². The fourth-order valence-electron chi connectivity index (χ4n) is 2.54. The maximum Gasteiger partial charge on any atom is 0.124 e. The minimum Gasteiger partial charge on any atom is -0.487 e. The lowest BCUT2D eigenvalue weighted by molar-refractivity contribution is 0.0609. The highest BCUT2D eigenvalue weighted by Crippen LogP contribution is 2.39. The van der Waals surface area contributed by atoms with E-state index in [1.165, 1.54) is 5.56 Å². The van der Waals surface area contributed by atoms with E-state index in [9.17, 15) is 5.11 Å². The van der Waals surface area contributed by atoms with E-state index in [1.54, 1.807) is 0 Å². The number of para-hydroxylation sites is 1. The minimum atomic E-state index is -0.167. The van der Waals surface area contributed by atoms with E-state index in [2.05, 4.69) is 32.2 Å². The Morgan fingerprint density at radius 3 is 2.83 bits per heavy atom. The molecule has 2 unspecified atom stereocenters. The van der Waals surface area contributed by atoms with Crippen LogP contribution in [-0.2, 0) is 0 Å². The summed E-state index contributed by atoms with van der Waals surface area (Å²) >= 11 is 0. The molecular weight excluding hydrogens is 226 g/mol. The maximum atomic E-state index is 9.34. The van der Waals surface area contributed by atoms with Crippen LogP contribution in [0.5, 0.6) is 5.75 Å². The molecular formula is C15H23NO2. The molecule has 3 heteroatoms. The number of hydrogen-bond donors (Lipinski definition) is 2. The second-order valence-electron chi connectivity index (χ2n) is 5.61. The smallest absolute Gasteiger partial charge is 0.124 e. The summed E-state index contributed by atoms with van der Waals surface area (Å²) in [6, 6.07) is 8.56. The van der Waals surface area contributed by atoms with Gasteiger partial charge in [0.05, 0.1) is 6.61 Å². The summed E-state index contributed by atoms with van der Waals surface area (Å²) in [5, 5.41) is 12.9. The van der Waals surface area contributed by atoms with Crippen LogP contribution in [0, 0.1) is 0 Å². The second kappa shape index (κ2) is 5.29. The lowest BCUT2D eigenvalue weighted by atomic mass is 9.89. The highest BCUT2D eigenvalue weighted by molar-refractivity contribution is 5.38. The predicted octanol–water partition coefficient (Wildman–Crippen LogP) is 2.65. The fraction of sp³-hybridized carbons (Fsp3) is 0.600. The molecule has 0 radical (unpaired) electrons. The zero-order chi connectivity index (χ0) is 13.2. The lowest BCUT2D eigenvalue weighted by Gasteiger charge is -2.39. The first-order chi connectivity index (χ1) is 8.55. The Hall–Kier alpha value is -1.06. The van der Waals surface area contributed by atoms with E-state index in [4.69, 9.17) is 4.74 Å². The lowest BCUT2D eigenvalue weighted by Crippen LogP contribution is -2.43. The largest absolute Gasteiger partial charge is 0.487 e. The fourth-order valence-corrected chi connectivity index (χ4v) is 2.54. The van der Waals surface area contributed by atoms with Crippen molar-refractivity contribution in [2.24, 2.45) is 0 Å². The summed E-state index contributed by atoms with van der Waals surface area (Å²) < 4.78 is 6.00. The second-order valence-corrected chi connectivity index (χ2v) is 5.61. The Morgan fingerprint density at radius 1 is 1.44 bits per heavy atom. The molecule has 1 aliphatic heterocycles. The molecule has 0 saturated carbocycles. The average Bonchev–Trinajstić information content (AvgIpc) is 2.34. The average molecular weight is 249 g/mol. The quantitative estimate of drug-likeness (QED) is 0.862. The predicted molar refractivity (Wildman–Crippen MR) is 72.8 cm³/mol. The van der Waals surface area contributed by atoms with Crippen LogP contribution in [0.25, 0.3) is 0 Å². The van der Waals surface area contributed by atoms with Gasteiger partial charge in [0.1, 0.15) is 11.4 Å². The molecule has 2 atom stereocenters. The Bertz CT molecular complexity index is 399. The van der Waals surface area contributed by atoms with Crippen molar-refractivity contribution in [1.29, 1.82) is 0 Å². The van der Waals surface area contributed by atoms with Gasteiger partial charge in [-0.05, 0) is 26.3 Å². The zero-order valence-corrected chi connectivity index (χ0v) is 11.4. The van der Waals surface area contributed by atoms with E-state index in [0.29, 0.717) is 0 Å². The van der Waals surface area contributed by atoms with Gasteiger partial charge < -0.3 is 15.2 Å². The van der Waals surface area contributed by atoms with E-state index in [0.717, 1.165) is 18.6 Å². The number of aliphatic hydroxyl groups is 1. The molecule has 1 aromatic rings. The van der Waals surface area contributed by atoms with Gasteiger partial charge in [-0.2, -0.15) is 0 Å². The monoisotopic (exact) mass is 249 g/mol.